The number of aliphatic hydroxyl groups is 1. The Labute approximate surface area is 489 Å². The van der Waals surface area contributed by atoms with Crippen molar-refractivity contribution in [2.45, 2.75) is 290 Å². The van der Waals surface area contributed by atoms with E-state index in [-0.39, 0.29) is 25.9 Å². The number of unbranched alkanes of at least 4 members (excludes halogenated alkanes) is 26. The third kappa shape index (κ3) is 59.0. The molecule has 0 aliphatic carbocycles. The van der Waals surface area contributed by atoms with E-state index >= 15 is 0 Å². The lowest BCUT2D eigenvalue weighted by Crippen LogP contribution is -2.30. The zero-order valence-corrected chi connectivity index (χ0v) is 51.9. The molecule has 0 heterocycles. The molecule has 0 aromatic heterocycles. The van der Waals surface area contributed by atoms with E-state index in [9.17, 15) is 28.9 Å². The van der Waals surface area contributed by atoms with Crippen LogP contribution in [-0.2, 0) is 42.2 Å². The molecule has 0 bridgehead atoms. The summed E-state index contributed by atoms with van der Waals surface area (Å²) in [5.74, 6) is -1.52. The lowest BCUT2D eigenvalue weighted by atomic mass is 10.1. The lowest BCUT2D eigenvalue weighted by molar-refractivity contribution is -0.161. The number of allylic oxidation sites excluding steroid dienone is 16. The minimum absolute atomic E-state index is 0.122. The summed E-state index contributed by atoms with van der Waals surface area (Å²) >= 11 is 0. The second kappa shape index (κ2) is 61.5. The monoisotopic (exact) mass is 1140 g/mol. The Morgan fingerprint density at radius 3 is 1.05 bits per heavy atom. The molecule has 2 N–H and O–H groups in total. The van der Waals surface area contributed by atoms with Gasteiger partial charge in [0.1, 0.15) is 12.7 Å². The van der Waals surface area contributed by atoms with Crippen LogP contribution in [0.15, 0.2) is 97.2 Å². The van der Waals surface area contributed by atoms with Crippen LogP contribution in [-0.4, -0.2) is 66.5 Å². The molecule has 0 radical (unpaired) electrons. The fourth-order valence-corrected chi connectivity index (χ4v) is 9.37. The largest absolute Gasteiger partial charge is 0.472 e. The topological polar surface area (TPSA) is 155 Å². The Morgan fingerprint density at radius 1 is 0.362 bits per heavy atom. The normalized spacial score (nSPS) is 13.9. The third-order valence-electron chi connectivity index (χ3n) is 13.5. The van der Waals surface area contributed by atoms with Gasteiger partial charge in [0.05, 0.1) is 19.8 Å². The van der Waals surface area contributed by atoms with E-state index in [4.69, 9.17) is 23.3 Å². The summed E-state index contributed by atoms with van der Waals surface area (Å²) < 4.78 is 39.6. The van der Waals surface area contributed by atoms with Crippen molar-refractivity contribution in [3.63, 3.8) is 0 Å². The van der Waals surface area contributed by atoms with Crippen molar-refractivity contribution in [3.8, 4) is 0 Å². The van der Waals surface area contributed by atoms with E-state index in [0.29, 0.717) is 19.3 Å². The maximum absolute atomic E-state index is 13.0. The van der Waals surface area contributed by atoms with Crippen molar-refractivity contribution in [3.05, 3.63) is 97.2 Å². The zero-order valence-electron chi connectivity index (χ0n) is 51.0. The number of rotatable bonds is 59. The highest BCUT2D eigenvalue weighted by atomic mass is 31.2. The predicted molar refractivity (Wildman–Crippen MR) is 334 cm³/mol. The van der Waals surface area contributed by atoms with Crippen LogP contribution in [0.5, 0.6) is 0 Å². The molecule has 11 nitrogen and oxygen atoms in total. The summed E-state index contributed by atoms with van der Waals surface area (Å²) in [6.45, 7) is 4.47. The van der Waals surface area contributed by atoms with Crippen molar-refractivity contribution >= 4 is 25.7 Å². The van der Waals surface area contributed by atoms with Crippen LogP contribution >= 0.6 is 7.82 Å². The molecule has 3 atom stereocenters. The van der Waals surface area contributed by atoms with Crippen molar-refractivity contribution in [2.75, 3.05) is 26.4 Å². The smallest absolute Gasteiger partial charge is 0.462 e. The summed E-state index contributed by atoms with van der Waals surface area (Å²) in [5, 5.41) is 9.86. The number of aliphatic hydroxyl groups excluding tert-OH is 1. The zero-order chi connectivity index (χ0) is 58.3. The van der Waals surface area contributed by atoms with Crippen LogP contribution < -0.4 is 0 Å². The van der Waals surface area contributed by atoms with Gasteiger partial charge in [-0.3, -0.25) is 23.4 Å². The first-order chi connectivity index (χ1) is 39.2. The maximum atomic E-state index is 13.0. The van der Waals surface area contributed by atoms with Crippen LogP contribution in [0.3, 0.4) is 0 Å². The second-order valence-corrected chi connectivity index (χ2v) is 22.6. The summed E-state index contributed by atoms with van der Waals surface area (Å²) in [6.07, 6.45) is 73.6. The fraction of sp³-hybridized carbons (Fsp3) is 0.721. The Morgan fingerprint density at radius 2 is 0.650 bits per heavy atom. The average Bonchev–Trinajstić information content (AvgIpc) is 3.45. The summed E-state index contributed by atoms with van der Waals surface area (Å²) in [6, 6.07) is 0. The number of ether oxygens (including phenoxy) is 3. The van der Waals surface area contributed by atoms with Gasteiger partial charge < -0.3 is 24.2 Å². The molecular formula is C68H117O11P. The Hall–Kier alpha value is -3.60. The number of carbonyl (C=O) groups excluding carboxylic acids is 3. The Kier molecular flexibility index (Phi) is 58.7. The van der Waals surface area contributed by atoms with Crippen LogP contribution in [0.4, 0.5) is 0 Å². The van der Waals surface area contributed by atoms with Crippen molar-refractivity contribution in [1.82, 2.24) is 0 Å². The molecular weight excluding hydrogens is 1020 g/mol. The van der Waals surface area contributed by atoms with Crippen LogP contribution in [0, 0.1) is 0 Å². The summed E-state index contributed by atoms with van der Waals surface area (Å²) in [4.78, 5) is 48.7. The minimum atomic E-state index is -4.77. The molecule has 0 aromatic carbocycles. The van der Waals surface area contributed by atoms with Gasteiger partial charge in [0.15, 0.2) is 6.10 Å². The van der Waals surface area contributed by atoms with Gasteiger partial charge in [-0.2, -0.15) is 0 Å². The first-order valence-corrected chi connectivity index (χ1v) is 33.6. The molecule has 0 aliphatic heterocycles. The highest BCUT2D eigenvalue weighted by molar-refractivity contribution is 7.47. The van der Waals surface area contributed by atoms with Gasteiger partial charge in [-0.1, -0.05) is 234 Å². The van der Waals surface area contributed by atoms with Crippen molar-refractivity contribution in [2.24, 2.45) is 0 Å². The number of carbonyl (C=O) groups is 3. The van der Waals surface area contributed by atoms with Gasteiger partial charge in [0.2, 0.25) is 0 Å². The van der Waals surface area contributed by atoms with E-state index in [1.165, 1.54) is 103 Å². The van der Waals surface area contributed by atoms with Gasteiger partial charge >= 0.3 is 25.7 Å². The Balaban J connectivity index is 4.74. The molecule has 0 saturated heterocycles. The van der Waals surface area contributed by atoms with E-state index in [1.54, 1.807) is 0 Å². The number of phosphoric acid groups is 1. The van der Waals surface area contributed by atoms with Crippen molar-refractivity contribution < 1.29 is 52.2 Å². The second-order valence-electron chi connectivity index (χ2n) is 21.2. The highest BCUT2D eigenvalue weighted by Crippen LogP contribution is 2.43. The number of phosphoric ester groups is 1. The van der Waals surface area contributed by atoms with Gasteiger partial charge in [-0.05, 0) is 122 Å². The van der Waals surface area contributed by atoms with Gasteiger partial charge in [-0.15, -0.1) is 0 Å². The predicted octanol–water partition coefficient (Wildman–Crippen LogP) is 19.6. The Bertz CT molecular complexity index is 1710. The van der Waals surface area contributed by atoms with Gasteiger partial charge in [0, 0.05) is 19.3 Å². The molecule has 80 heavy (non-hydrogen) atoms. The standard InChI is InChI=1S/C68H117O11P/c1-4-7-10-13-16-19-22-25-28-30-32-34-37-40-43-46-49-52-55-58-67(71)78-64(60-69)62-76-80(73,74)77-63-65(61-75-66(70)57-54-51-48-45-42-39-36-27-24-21-18-15-12-9-6-3)79-68(72)59-56-53-50-47-44-41-38-35-33-31-29-26-23-20-17-14-11-8-5-2/h8,11,17-18,20-21,25-29,33,35-36,41,44,64-65,69H,4-7,9-10,12-16,19,22-24,30-32,34,37-40,42-43,45-63H2,1-3H3,(H,73,74)/b11-8-,20-17-,21-18-,28-25-,29-26-,35-33-,36-27-,44-41-. The molecule has 0 saturated carbocycles. The molecule has 0 aromatic rings. The van der Waals surface area contributed by atoms with E-state index in [1.807, 2.05) is 0 Å². The fourth-order valence-electron chi connectivity index (χ4n) is 8.58. The SMILES string of the molecule is CC/C=C\C/C=C\C/C=C\C/C=C\C/C=C\CCCCCC(=O)OC(COC(=O)CCCCCCC/C=C\C/C=C\CCCCC)COP(=O)(O)OCC(CO)OC(=O)CCCCCCCCCCC/C=C\CCCCCCCC. The first-order valence-electron chi connectivity index (χ1n) is 32.1. The number of esters is 3. The number of hydrogen-bond acceptors (Lipinski definition) is 10. The highest BCUT2D eigenvalue weighted by Gasteiger charge is 2.28. The quantitative estimate of drug-likeness (QED) is 0.0197. The molecule has 460 valence electrons. The van der Waals surface area contributed by atoms with E-state index in [0.717, 1.165) is 116 Å². The van der Waals surface area contributed by atoms with Crippen LogP contribution in [0.25, 0.3) is 0 Å². The lowest BCUT2D eigenvalue weighted by Gasteiger charge is -2.21. The summed E-state index contributed by atoms with van der Waals surface area (Å²) in [7, 11) is -4.77. The number of hydrogen-bond donors (Lipinski definition) is 2. The minimum Gasteiger partial charge on any atom is -0.462 e. The molecule has 0 rings (SSSR count). The van der Waals surface area contributed by atoms with Gasteiger partial charge in [0.25, 0.3) is 0 Å². The molecule has 3 unspecified atom stereocenters. The molecule has 12 heteroatoms. The third-order valence-corrected chi connectivity index (χ3v) is 14.4. The summed E-state index contributed by atoms with van der Waals surface area (Å²) in [5.41, 5.74) is 0. The van der Waals surface area contributed by atoms with E-state index < -0.39 is 57.8 Å². The van der Waals surface area contributed by atoms with E-state index in [2.05, 4.69) is 118 Å². The first kappa shape index (κ1) is 76.4. The molecule has 0 spiro atoms. The molecule has 0 aliphatic rings. The van der Waals surface area contributed by atoms with Crippen molar-refractivity contribution in [1.29, 1.82) is 0 Å². The average molecular weight is 1140 g/mol. The molecule has 0 fully saturated rings. The van der Waals surface area contributed by atoms with Crippen LogP contribution in [0.1, 0.15) is 278 Å². The maximum Gasteiger partial charge on any atom is 0.472 e. The van der Waals surface area contributed by atoms with Crippen LogP contribution in [0.2, 0.25) is 0 Å². The van der Waals surface area contributed by atoms with Gasteiger partial charge in [-0.25, -0.2) is 4.57 Å². The molecule has 0 amide bonds.